The summed E-state index contributed by atoms with van der Waals surface area (Å²) in [7, 11) is -3.49. The predicted molar refractivity (Wildman–Crippen MR) is 77.9 cm³/mol. The van der Waals surface area contributed by atoms with Gasteiger partial charge in [0.15, 0.2) is 0 Å². The molecule has 112 valence electrons. The molecule has 0 saturated carbocycles. The lowest BCUT2D eigenvalue weighted by Gasteiger charge is -2.24. The number of hydrogen-bond donors (Lipinski definition) is 2. The zero-order chi connectivity index (χ0) is 14.8. The van der Waals surface area contributed by atoms with Crippen LogP contribution in [0.25, 0.3) is 0 Å². The monoisotopic (exact) mass is 298 g/mol. The SMILES string of the molecule is CCOC(C)(C)CNS(=O)(=O)c1ccc2c(c1)CNC2. The highest BCUT2D eigenvalue weighted by molar-refractivity contribution is 7.89. The van der Waals surface area contributed by atoms with Crippen molar-refractivity contribution < 1.29 is 13.2 Å². The number of benzene rings is 1. The van der Waals surface area contributed by atoms with Crippen LogP contribution < -0.4 is 10.0 Å². The largest absolute Gasteiger partial charge is 0.375 e. The van der Waals surface area contributed by atoms with Gasteiger partial charge < -0.3 is 10.1 Å². The Bertz CT molecular complexity index is 582. The molecule has 5 nitrogen and oxygen atoms in total. The molecule has 1 aromatic carbocycles. The highest BCUT2D eigenvalue weighted by Gasteiger charge is 2.23. The average Bonchev–Trinajstić information content (AvgIpc) is 2.84. The first-order chi connectivity index (χ1) is 9.34. The Labute approximate surface area is 120 Å². The first-order valence-corrected chi connectivity index (χ1v) is 8.28. The minimum atomic E-state index is -3.49. The Morgan fingerprint density at radius 2 is 2.00 bits per heavy atom. The molecule has 0 atom stereocenters. The van der Waals surface area contributed by atoms with E-state index in [1.165, 1.54) is 5.56 Å². The summed E-state index contributed by atoms with van der Waals surface area (Å²) >= 11 is 0. The van der Waals surface area contributed by atoms with Gasteiger partial charge in [-0.3, -0.25) is 0 Å². The van der Waals surface area contributed by atoms with Crippen molar-refractivity contribution in [1.82, 2.24) is 10.0 Å². The van der Waals surface area contributed by atoms with Crippen molar-refractivity contribution in [3.8, 4) is 0 Å². The summed E-state index contributed by atoms with van der Waals surface area (Å²) in [6.07, 6.45) is 0. The molecule has 0 aromatic heterocycles. The summed E-state index contributed by atoms with van der Waals surface area (Å²) in [5.74, 6) is 0. The highest BCUT2D eigenvalue weighted by Crippen LogP contribution is 2.20. The normalized spacial score (nSPS) is 15.3. The van der Waals surface area contributed by atoms with E-state index in [2.05, 4.69) is 10.0 Å². The number of sulfonamides is 1. The lowest BCUT2D eigenvalue weighted by atomic mass is 10.1. The molecule has 0 spiro atoms. The molecule has 0 amide bonds. The molecule has 0 radical (unpaired) electrons. The van der Waals surface area contributed by atoms with E-state index in [1.807, 2.05) is 26.8 Å². The maximum absolute atomic E-state index is 12.3. The van der Waals surface area contributed by atoms with Crippen LogP contribution in [-0.4, -0.2) is 27.2 Å². The molecule has 0 aliphatic carbocycles. The first kappa shape index (κ1) is 15.4. The highest BCUT2D eigenvalue weighted by atomic mass is 32.2. The zero-order valence-electron chi connectivity index (χ0n) is 12.2. The van der Waals surface area contributed by atoms with Gasteiger partial charge in [0.05, 0.1) is 10.5 Å². The van der Waals surface area contributed by atoms with Gasteiger partial charge in [0.1, 0.15) is 0 Å². The van der Waals surface area contributed by atoms with E-state index < -0.39 is 15.6 Å². The maximum Gasteiger partial charge on any atom is 0.240 e. The molecular formula is C14H22N2O3S. The third kappa shape index (κ3) is 3.58. The molecule has 1 aliphatic rings. The molecule has 0 fully saturated rings. The Morgan fingerprint density at radius 1 is 1.30 bits per heavy atom. The third-order valence-electron chi connectivity index (χ3n) is 3.34. The second-order valence-corrected chi connectivity index (χ2v) is 7.32. The molecule has 0 unspecified atom stereocenters. The van der Waals surface area contributed by atoms with E-state index in [-0.39, 0.29) is 6.54 Å². The summed E-state index contributed by atoms with van der Waals surface area (Å²) in [6.45, 7) is 7.96. The van der Waals surface area contributed by atoms with Crippen molar-refractivity contribution in [1.29, 1.82) is 0 Å². The van der Waals surface area contributed by atoms with Crippen LogP contribution in [-0.2, 0) is 27.8 Å². The first-order valence-electron chi connectivity index (χ1n) is 6.80. The second kappa shape index (κ2) is 5.81. The van der Waals surface area contributed by atoms with Gasteiger partial charge in [-0.25, -0.2) is 13.1 Å². The van der Waals surface area contributed by atoms with Crippen LogP contribution in [0.5, 0.6) is 0 Å². The van der Waals surface area contributed by atoms with E-state index in [0.717, 1.165) is 18.7 Å². The fourth-order valence-electron chi connectivity index (χ4n) is 2.23. The molecule has 1 aliphatic heterocycles. The van der Waals surface area contributed by atoms with Crippen LogP contribution in [0.1, 0.15) is 31.9 Å². The maximum atomic E-state index is 12.3. The molecule has 1 aromatic rings. The van der Waals surface area contributed by atoms with Gasteiger partial charge in [-0.15, -0.1) is 0 Å². The lowest BCUT2D eigenvalue weighted by molar-refractivity contribution is -0.00515. The summed E-state index contributed by atoms with van der Waals surface area (Å²) < 4.78 is 32.7. The van der Waals surface area contributed by atoms with E-state index in [0.29, 0.717) is 11.5 Å². The van der Waals surface area contributed by atoms with E-state index >= 15 is 0 Å². The smallest absolute Gasteiger partial charge is 0.240 e. The number of nitrogens with one attached hydrogen (secondary N) is 2. The second-order valence-electron chi connectivity index (χ2n) is 5.55. The van der Waals surface area contributed by atoms with Gasteiger partial charge in [0.2, 0.25) is 10.0 Å². The van der Waals surface area contributed by atoms with Gasteiger partial charge in [0.25, 0.3) is 0 Å². The van der Waals surface area contributed by atoms with Gasteiger partial charge in [-0.1, -0.05) is 6.07 Å². The van der Waals surface area contributed by atoms with E-state index in [4.69, 9.17) is 4.74 Å². The summed E-state index contributed by atoms with van der Waals surface area (Å²) in [5.41, 5.74) is 1.70. The Balaban J connectivity index is 2.11. The van der Waals surface area contributed by atoms with Gasteiger partial charge >= 0.3 is 0 Å². The topological polar surface area (TPSA) is 67.4 Å². The zero-order valence-corrected chi connectivity index (χ0v) is 13.0. The van der Waals surface area contributed by atoms with Crippen molar-refractivity contribution in [3.63, 3.8) is 0 Å². The molecule has 0 bridgehead atoms. The van der Waals surface area contributed by atoms with Crippen LogP contribution in [0.3, 0.4) is 0 Å². The van der Waals surface area contributed by atoms with Crippen LogP contribution in [0.4, 0.5) is 0 Å². The van der Waals surface area contributed by atoms with Crippen LogP contribution >= 0.6 is 0 Å². The molecular weight excluding hydrogens is 276 g/mol. The third-order valence-corrected chi connectivity index (χ3v) is 4.74. The Morgan fingerprint density at radius 3 is 2.70 bits per heavy atom. The Hall–Kier alpha value is -0.950. The number of rotatable bonds is 6. The standard InChI is InChI=1S/C14H22N2O3S/c1-4-19-14(2,3)10-16-20(17,18)13-6-5-11-8-15-9-12(11)7-13/h5-7,15-16H,4,8-10H2,1-3H3. The Kier molecular flexibility index (Phi) is 4.49. The van der Waals surface area contributed by atoms with E-state index in [9.17, 15) is 8.42 Å². The van der Waals surface area contributed by atoms with Crippen molar-refractivity contribution in [3.05, 3.63) is 29.3 Å². The van der Waals surface area contributed by atoms with Gasteiger partial charge in [-0.05, 0) is 44.0 Å². The summed E-state index contributed by atoms with van der Waals surface area (Å²) in [4.78, 5) is 0.312. The minimum absolute atomic E-state index is 0.249. The van der Waals surface area contributed by atoms with Gasteiger partial charge in [0, 0.05) is 26.2 Å². The lowest BCUT2D eigenvalue weighted by Crippen LogP contribution is -2.40. The van der Waals surface area contributed by atoms with E-state index in [1.54, 1.807) is 12.1 Å². The molecule has 1 heterocycles. The van der Waals surface area contributed by atoms with Crippen LogP contribution in [0.2, 0.25) is 0 Å². The van der Waals surface area contributed by atoms with Gasteiger partial charge in [-0.2, -0.15) is 0 Å². The predicted octanol–water partition coefficient (Wildman–Crippen LogP) is 1.38. The fraction of sp³-hybridized carbons (Fsp3) is 0.571. The molecule has 0 saturated heterocycles. The number of ether oxygens (including phenoxy) is 1. The van der Waals surface area contributed by atoms with Crippen molar-refractivity contribution in [2.45, 2.75) is 44.4 Å². The molecule has 2 N–H and O–H groups in total. The van der Waals surface area contributed by atoms with Crippen molar-refractivity contribution in [2.24, 2.45) is 0 Å². The van der Waals surface area contributed by atoms with Crippen molar-refractivity contribution in [2.75, 3.05) is 13.2 Å². The molecule has 2 rings (SSSR count). The minimum Gasteiger partial charge on any atom is -0.375 e. The van der Waals surface area contributed by atoms with Crippen LogP contribution in [0.15, 0.2) is 23.1 Å². The summed E-state index contributed by atoms with van der Waals surface area (Å²) in [5, 5.41) is 3.20. The van der Waals surface area contributed by atoms with Crippen LogP contribution in [0, 0.1) is 0 Å². The quantitative estimate of drug-likeness (QED) is 0.833. The fourth-order valence-corrected chi connectivity index (χ4v) is 3.48. The average molecular weight is 298 g/mol. The number of hydrogen-bond acceptors (Lipinski definition) is 4. The number of fused-ring (bicyclic) bond motifs is 1. The molecule has 6 heteroatoms. The van der Waals surface area contributed by atoms with Crippen molar-refractivity contribution >= 4 is 10.0 Å². The molecule has 20 heavy (non-hydrogen) atoms. The summed E-state index contributed by atoms with van der Waals surface area (Å²) in [6, 6.07) is 5.27.